The maximum Gasteiger partial charge on any atom is 0.213 e. The summed E-state index contributed by atoms with van der Waals surface area (Å²) in [6.45, 7) is 9.43. The van der Waals surface area contributed by atoms with Gasteiger partial charge in [0.05, 0.1) is 42.7 Å². The van der Waals surface area contributed by atoms with Crippen molar-refractivity contribution in [2.45, 2.75) is 39.7 Å². The number of benzene rings is 1. The average Bonchev–Trinajstić information content (AvgIpc) is 2.72. The average molecular weight is 402 g/mol. The third kappa shape index (κ3) is 3.54. The summed E-state index contributed by atoms with van der Waals surface area (Å²) in [4.78, 5) is 9.68. The van der Waals surface area contributed by atoms with Gasteiger partial charge in [-0.1, -0.05) is 11.6 Å². The Labute approximate surface area is 172 Å². The van der Waals surface area contributed by atoms with Crippen molar-refractivity contribution in [3.8, 4) is 5.88 Å². The molecule has 2 heterocycles. The Hall–Kier alpha value is -1.95. The fourth-order valence-corrected chi connectivity index (χ4v) is 4.53. The molecule has 2 N–H and O–H groups in total. The van der Waals surface area contributed by atoms with Gasteiger partial charge < -0.3 is 10.5 Å². The highest BCUT2D eigenvalue weighted by Crippen LogP contribution is 2.40. The van der Waals surface area contributed by atoms with Crippen LogP contribution in [0.5, 0.6) is 5.88 Å². The third-order valence-corrected chi connectivity index (χ3v) is 6.22. The summed E-state index contributed by atoms with van der Waals surface area (Å²) < 4.78 is 6.25. The quantitative estimate of drug-likeness (QED) is 0.430. The molecule has 0 saturated carbocycles. The first kappa shape index (κ1) is 20.8. The van der Waals surface area contributed by atoms with E-state index in [1.54, 1.807) is 7.11 Å². The molecule has 0 fully saturated rings. The number of methoxy groups -OCH3 is 1. The van der Waals surface area contributed by atoms with E-state index in [1.165, 1.54) is 5.69 Å². The predicted molar refractivity (Wildman–Crippen MR) is 119 cm³/mol. The summed E-state index contributed by atoms with van der Waals surface area (Å²) in [6, 6.07) is 10.2. The Bertz CT molecular complexity index is 972. The van der Waals surface area contributed by atoms with E-state index < -0.39 is 0 Å². The van der Waals surface area contributed by atoms with E-state index in [2.05, 4.69) is 26.8 Å². The molecule has 0 bridgehead atoms. The van der Waals surface area contributed by atoms with Gasteiger partial charge in [0.25, 0.3) is 0 Å². The van der Waals surface area contributed by atoms with E-state index in [1.807, 2.05) is 24.3 Å². The second kappa shape index (κ2) is 8.60. The van der Waals surface area contributed by atoms with Crippen LogP contribution in [0.1, 0.15) is 33.6 Å². The molecule has 1 aromatic carbocycles. The lowest BCUT2D eigenvalue weighted by Crippen LogP contribution is -2.56. The molecule has 0 aliphatic carbocycles. The lowest BCUT2D eigenvalue weighted by atomic mass is 10.0. The zero-order valence-electron chi connectivity index (χ0n) is 17.2. The fraction of sp³-hybridized carbons (Fsp3) is 0.455. The molecule has 5 nitrogen and oxygen atoms in total. The molecule has 2 aromatic heterocycles. The third-order valence-electron chi connectivity index (χ3n) is 5.98. The van der Waals surface area contributed by atoms with Crippen LogP contribution < -0.4 is 15.0 Å². The van der Waals surface area contributed by atoms with Crippen molar-refractivity contribution in [1.82, 2.24) is 14.5 Å². The molecule has 3 aromatic rings. The van der Waals surface area contributed by atoms with E-state index in [4.69, 9.17) is 32.0 Å². The number of rotatable bonds is 8. The van der Waals surface area contributed by atoms with Crippen LogP contribution in [-0.2, 0) is 0 Å². The molecule has 0 aliphatic rings. The molecule has 0 radical (unpaired) electrons. The Kier molecular flexibility index (Phi) is 6.38. The zero-order valence-corrected chi connectivity index (χ0v) is 18.0. The molecule has 0 spiro atoms. The Morgan fingerprint density at radius 3 is 2.50 bits per heavy atom. The van der Waals surface area contributed by atoms with Gasteiger partial charge in [-0.3, -0.25) is 4.48 Å². The van der Waals surface area contributed by atoms with Gasteiger partial charge in [0, 0.05) is 17.5 Å². The van der Waals surface area contributed by atoms with Crippen molar-refractivity contribution < 1.29 is 4.74 Å². The van der Waals surface area contributed by atoms with Crippen LogP contribution in [-0.4, -0.2) is 42.8 Å². The summed E-state index contributed by atoms with van der Waals surface area (Å²) in [6.07, 6.45) is 2.06. The van der Waals surface area contributed by atoms with E-state index in [0.29, 0.717) is 23.5 Å². The molecule has 1 unspecified atom stereocenters. The van der Waals surface area contributed by atoms with Gasteiger partial charge in [0.1, 0.15) is 0 Å². The first-order valence-electron chi connectivity index (χ1n) is 10.0. The smallest absolute Gasteiger partial charge is 0.213 e. The SMILES string of the molecule is CC[N+](CC)(c1c2ccc(Cl)cc2nc2ccc(OC)nc12)C(C)CCCN. The normalized spacial score (nSPS) is 13.2. The van der Waals surface area contributed by atoms with Crippen LogP contribution in [0.15, 0.2) is 30.3 Å². The maximum atomic E-state index is 6.29. The Morgan fingerprint density at radius 1 is 1.11 bits per heavy atom. The van der Waals surface area contributed by atoms with Gasteiger partial charge in [0.2, 0.25) is 5.88 Å². The number of nitrogens with two attached hydrogens (primary N) is 1. The van der Waals surface area contributed by atoms with Crippen LogP contribution in [0.4, 0.5) is 5.69 Å². The van der Waals surface area contributed by atoms with Gasteiger partial charge in [-0.25, -0.2) is 9.97 Å². The minimum absolute atomic E-state index is 0.399. The second-order valence-corrected chi connectivity index (χ2v) is 7.73. The van der Waals surface area contributed by atoms with E-state index >= 15 is 0 Å². The predicted octanol–water partition coefficient (Wildman–Crippen LogP) is 4.92. The molecular weight excluding hydrogens is 372 g/mol. The summed E-state index contributed by atoms with van der Waals surface area (Å²) in [5.41, 5.74) is 9.68. The topological polar surface area (TPSA) is 61.0 Å². The lowest BCUT2D eigenvalue weighted by Gasteiger charge is -2.42. The first-order valence-corrected chi connectivity index (χ1v) is 10.4. The maximum absolute atomic E-state index is 6.29. The summed E-state index contributed by atoms with van der Waals surface area (Å²) in [5, 5.41) is 1.79. The van der Waals surface area contributed by atoms with Gasteiger partial charge in [-0.15, -0.1) is 0 Å². The molecule has 150 valence electrons. The fourth-order valence-electron chi connectivity index (χ4n) is 4.36. The number of ether oxygens (including phenoxy) is 1. The minimum Gasteiger partial charge on any atom is -0.481 e. The van der Waals surface area contributed by atoms with Crippen molar-refractivity contribution in [2.75, 3.05) is 26.7 Å². The molecule has 6 heteroatoms. The first-order chi connectivity index (χ1) is 13.5. The van der Waals surface area contributed by atoms with E-state index in [-0.39, 0.29) is 0 Å². The monoisotopic (exact) mass is 401 g/mol. The summed E-state index contributed by atoms with van der Waals surface area (Å²) in [5.74, 6) is 0.601. The van der Waals surface area contributed by atoms with E-state index in [9.17, 15) is 0 Å². The molecular formula is C22H30ClN4O+. The molecule has 0 saturated heterocycles. The number of pyridine rings is 2. The highest BCUT2D eigenvalue weighted by molar-refractivity contribution is 6.31. The number of aromatic nitrogens is 2. The molecule has 0 aliphatic heterocycles. The largest absolute Gasteiger partial charge is 0.481 e. The van der Waals surface area contributed by atoms with Crippen molar-refractivity contribution in [1.29, 1.82) is 0 Å². The number of nitrogens with zero attached hydrogens (tertiary/aromatic N) is 3. The standard InChI is InChI=1S/C22H30ClN4O/c1-5-27(6-2,15(3)8-7-13-24)22-17-10-9-16(23)14-19(17)25-18-11-12-20(28-4)26-21(18)22/h9-12,14-15H,5-8,13,24H2,1-4H3/q+1. The molecule has 1 atom stereocenters. The Balaban J connectivity index is 2.41. The Morgan fingerprint density at radius 2 is 1.86 bits per heavy atom. The second-order valence-electron chi connectivity index (χ2n) is 7.29. The van der Waals surface area contributed by atoms with E-state index in [0.717, 1.165) is 52.4 Å². The van der Waals surface area contributed by atoms with Crippen molar-refractivity contribution in [3.05, 3.63) is 35.4 Å². The number of hydrogen-bond acceptors (Lipinski definition) is 4. The highest BCUT2D eigenvalue weighted by atomic mass is 35.5. The van der Waals surface area contributed by atoms with Crippen molar-refractivity contribution in [3.63, 3.8) is 0 Å². The molecule has 28 heavy (non-hydrogen) atoms. The van der Waals surface area contributed by atoms with Crippen LogP contribution in [0, 0.1) is 0 Å². The lowest BCUT2D eigenvalue weighted by molar-refractivity contribution is 0.222. The highest BCUT2D eigenvalue weighted by Gasteiger charge is 2.37. The minimum atomic E-state index is 0.399. The van der Waals surface area contributed by atoms with Crippen molar-refractivity contribution >= 4 is 39.2 Å². The zero-order chi connectivity index (χ0) is 20.3. The van der Waals surface area contributed by atoms with Crippen LogP contribution >= 0.6 is 11.6 Å². The van der Waals surface area contributed by atoms with Gasteiger partial charge in [0.15, 0.2) is 11.2 Å². The number of quaternary nitrogens is 1. The van der Waals surface area contributed by atoms with Crippen molar-refractivity contribution in [2.24, 2.45) is 5.73 Å². The number of fused-ring (bicyclic) bond motifs is 2. The summed E-state index contributed by atoms with van der Waals surface area (Å²) >= 11 is 6.29. The van der Waals surface area contributed by atoms with Gasteiger partial charge in [-0.05, 0) is 58.0 Å². The number of halogens is 1. The van der Waals surface area contributed by atoms with Crippen LogP contribution in [0.25, 0.3) is 21.9 Å². The summed E-state index contributed by atoms with van der Waals surface area (Å²) in [7, 11) is 1.65. The van der Waals surface area contributed by atoms with Crippen LogP contribution in [0.3, 0.4) is 0 Å². The molecule has 0 amide bonds. The van der Waals surface area contributed by atoms with Gasteiger partial charge in [-0.2, -0.15) is 0 Å². The number of hydrogen-bond donors (Lipinski definition) is 1. The van der Waals surface area contributed by atoms with Gasteiger partial charge >= 0.3 is 0 Å². The molecule has 3 rings (SSSR count). The van der Waals surface area contributed by atoms with Crippen LogP contribution in [0.2, 0.25) is 5.02 Å².